The summed E-state index contributed by atoms with van der Waals surface area (Å²) in [6.45, 7) is 0. The molecule has 9 nitrogen and oxygen atoms in total. The zero-order valence-electron chi connectivity index (χ0n) is 18.6. The Labute approximate surface area is 214 Å². The lowest BCUT2D eigenvalue weighted by atomic mass is 9.76. The van der Waals surface area contributed by atoms with Crippen molar-refractivity contribution in [3.05, 3.63) is 104 Å². The SMILES string of the molecule is O=C([O-])c1cccc2c1N[C@@H](c1ccccc1[N+](=O)[O-])[C@@H]1C[C@H](Sc3ccccc3[N+](=O)[O-])[C@H](Cl)[C@H]21. The lowest BCUT2D eigenvalue weighted by molar-refractivity contribution is -0.387. The first-order chi connectivity index (χ1) is 17.3. The van der Waals surface area contributed by atoms with E-state index in [2.05, 4.69) is 5.32 Å². The second-order valence-electron chi connectivity index (χ2n) is 8.75. The zero-order chi connectivity index (χ0) is 25.6. The molecule has 5 rings (SSSR count). The lowest BCUT2D eigenvalue weighted by Crippen LogP contribution is -2.34. The molecule has 1 saturated carbocycles. The van der Waals surface area contributed by atoms with Gasteiger partial charge in [-0.25, -0.2) is 0 Å². The molecule has 184 valence electrons. The van der Waals surface area contributed by atoms with Gasteiger partial charge < -0.3 is 15.2 Å². The number of nitrogens with one attached hydrogen (secondary N) is 1. The highest BCUT2D eigenvalue weighted by molar-refractivity contribution is 8.00. The summed E-state index contributed by atoms with van der Waals surface area (Å²) in [5.41, 5.74) is 1.31. The number of aromatic carboxylic acids is 1. The Hall–Kier alpha value is -3.63. The number of carbonyl (C=O) groups is 1. The molecule has 0 bridgehead atoms. The summed E-state index contributed by atoms with van der Waals surface area (Å²) in [7, 11) is 0. The summed E-state index contributed by atoms with van der Waals surface area (Å²) in [6.07, 6.45) is 0.508. The Morgan fingerprint density at radius 2 is 1.56 bits per heavy atom. The highest BCUT2D eigenvalue weighted by atomic mass is 35.5. The summed E-state index contributed by atoms with van der Waals surface area (Å²) in [6, 6.07) is 17.0. The Morgan fingerprint density at radius 3 is 2.25 bits per heavy atom. The van der Waals surface area contributed by atoms with Gasteiger partial charge in [0.2, 0.25) is 0 Å². The summed E-state index contributed by atoms with van der Waals surface area (Å²) >= 11 is 8.34. The van der Waals surface area contributed by atoms with Crippen molar-refractivity contribution in [2.45, 2.75) is 33.9 Å². The number of carboxylic acids is 1. The molecule has 3 aromatic carbocycles. The van der Waals surface area contributed by atoms with Gasteiger partial charge >= 0.3 is 0 Å². The fourth-order valence-corrected chi connectivity index (χ4v) is 7.35. The fraction of sp³-hybridized carbons (Fsp3) is 0.240. The summed E-state index contributed by atoms with van der Waals surface area (Å²) in [4.78, 5) is 34.9. The standard InChI is InChI=1S/C25H20ClN3O6S/c26-22-20(36-19-11-4-3-10-18(19)29(34)35)12-16-21(22)14-7-5-8-15(25(30)31)24(14)27-23(16)13-6-1-2-9-17(13)28(32)33/h1-11,16,20-23,27H,12H2,(H,30,31)/p-1/t16-,20+,21-,22+,23+/m1/s1. The Kier molecular flexibility index (Phi) is 6.31. The normalized spacial score (nSPS) is 24.3. The number of hydrogen-bond acceptors (Lipinski definition) is 8. The molecule has 1 heterocycles. The number of nitro groups is 2. The van der Waals surface area contributed by atoms with Gasteiger partial charge in [0.25, 0.3) is 11.4 Å². The van der Waals surface area contributed by atoms with Crippen LogP contribution in [0.15, 0.2) is 71.6 Å². The van der Waals surface area contributed by atoms with E-state index < -0.39 is 27.2 Å². The van der Waals surface area contributed by atoms with E-state index in [1.165, 1.54) is 30.0 Å². The van der Waals surface area contributed by atoms with Crippen molar-refractivity contribution in [3.63, 3.8) is 0 Å². The van der Waals surface area contributed by atoms with Gasteiger partial charge in [-0.15, -0.1) is 23.4 Å². The van der Waals surface area contributed by atoms with E-state index in [-0.39, 0.29) is 34.0 Å². The van der Waals surface area contributed by atoms with Gasteiger partial charge in [0.15, 0.2) is 0 Å². The Bertz CT molecular complexity index is 1390. The smallest absolute Gasteiger partial charge is 0.282 e. The van der Waals surface area contributed by atoms with E-state index in [1.807, 2.05) is 0 Å². The molecule has 5 atom stereocenters. The van der Waals surface area contributed by atoms with Crippen LogP contribution in [0.3, 0.4) is 0 Å². The van der Waals surface area contributed by atoms with Crippen LogP contribution in [0.25, 0.3) is 0 Å². The van der Waals surface area contributed by atoms with Crippen LogP contribution >= 0.6 is 23.4 Å². The van der Waals surface area contributed by atoms with Crippen molar-refractivity contribution in [1.29, 1.82) is 0 Å². The van der Waals surface area contributed by atoms with Crippen LogP contribution in [0.4, 0.5) is 17.1 Å². The van der Waals surface area contributed by atoms with Crippen molar-refractivity contribution in [2.24, 2.45) is 5.92 Å². The van der Waals surface area contributed by atoms with Crippen LogP contribution in [-0.2, 0) is 0 Å². The van der Waals surface area contributed by atoms with E-state index in [9.17, 15) is 30.1 Å². The molecule has 0 radical (unpaired) electrons. The van der Waals surface area contributed by atoms with E-state index in [0.717, 1.165) is 0 Å². The number of anilines is 1. The van der Waals surface area contributed by atoms with Crippen molar-refractivity contribution in [3.8, 4) is 0 Å². The molecule has 1 N–H and O–H groups in total. The zero-order valence-corrected chi connectivity index (χ0v) is 20.1. The Balaban J connectivity index is 1.62. The molecular formula is C25H19ClN3O6S-. The maximum Gasteiger partial charge on any atom is 0.282 e. The molecule has 3 aromatic rings. The van der Waals surface area contributed by atoms with Crippen LogP contribution < -0.4 is 10.4 Å². The third-order valence-corrected chi connectivity index (χ3v) is 8.99. The molecule has 36 heavy (non-hydrogen) atoms. The third kappa shape index (κ3) is 4.06. The minimum atomic E-state index is -1.37. The molecule has 0 aromatic heterocycles. The highest BCUT2D eigenvalue weighted by Crippen LogP contribution is 2.59. The van der Waals surface area contributed by atoms with Gasteiger partial charge in [-0.2, -0.15) is 0 Å². The molecule has 2 aliphatic rings. The molecule has 1 fully saturated rings. The van der Waals surface area contributed by atoms with Crippen molar-refractivity contribution >= 4 is 46.4 Å². The number of nitrogens with zero attached hydrogens (tertiary/aromatic N) is 2. The van der Waals surface area contributed by atoms with Gasteiger partial charge in [0.05, 0.1) is 37.7 Å². The predicted octanol–water partition coefficient (Wildman–Crippen LogP) is 4.91. The minimum Gasteiger partial charge on any atom is -0.545 e. The quantitative estimate of drug-likeness (QED) is 0.273. The number of fused-ring (bicyclic) bond motifs is 3. The monoisotopic (exact) mass is 524 g/mol. The van der Waals surface area contributed by atoms with Gasteiger partial charge in [-0.1, -0.05) is 48.5 Å². The number of nitro benzene ring substituents is 2. The van der Waals surface area contributed by atoms with Crippen molar-refractivity contribution in [2.75, 3.05) is 5.32 Å². The fourth-order valence-electron chi connectivity index (χ4n) is 5.41. The van der Waals surface area contributed by atoms with Crippen molar-refractivity contribution in [1.82, 2.24) is 0 Å². The molecular weight excluding hydrogens is 506 g/mol. The number of benzene rings is 3. The number of rotatable bonds is 6. The van der Waals surface area contributed by atoms with Gasteiger partial charge in [0, 0.05) is 34.6 Å². The second-order valence-corrected chi connectivity index (χ2v) is 10.5. The van der Waals surface area contributed by atoms with Crippen LogP contribution in [0, 0.1) is 26.1 Å². The maximum atomic E-state index is 11.9. The maximum absolute atomic E-state index is 11.9. The average molecular weight is 525 g/mol. The summed E-state index contributed by atoms with van der Waals surface area (Å²) in [5, 5.41) is 37.8. The number of carbonyl (C=O) groups excluding carboxylic acids is 1. The predicted molar refractivity (Wildman–Crippen MR) is 133 cm³/mol. The second kappa shape index (κ2) is 9.44. The molecule has 0 amide bonds. The van der Waals surface area contributed by atoms with Gasteiger partial charge in [-0.05, 0) is 24.0 Å². The molecule has 0 spiro atoms. The molecule has 11 heteroatoms. The number of alkyl halides is 1. The first kappa shape index (κ1) is 24.1. The first-order valence-electron chi connectivity index (χ1n) is 11.2. The third-order valence-electron chi connectivity index (χ3n) is 6.88. The number of hydrogen-bond donors (Lipinski definition) is 1. The van der Waals surface area contributed by atoms with Crippen LogP contribution in [0.5, 0.6) is 0 Å². The molecule has 1 aliphatic heterocycles. The largest absolute Gasteiger partial charge is 0.545 e. The van der Waals surface area contributed by atoms with Gasteiger partial charge in [-0.3, -0.25) is 20.2 Å². The summed E-state index contributed by atoms with van der Waals surface area (Å²) in [5.74, 6) is -1.93. The number of halogens is 1. The summed E-state index contributed by atoms with van der Waals surface area (Å²) < 4.78 is 0. The van der Waals surface area contributed by atoms with E-state index in [4.69, 9.17) is 11.6 Å². The Morgan fingerprint density at radius 1 is 0.917 bits per heavy atom. The van der Waals surface area contributed by atoms with Crippen molar-refractivity contribution < 1.29 is 19.7 Å². The number of para-hydroxylation sites is 3. The van der Waals surface area contributed by atoms with Crippen LogP contribution in [0.2, 0.25) is 0 Å². The molecule has 1 aliphatic carbocycles. The number of carboxylic acid groups (broad SMARTS) is 1. The van der Waals surface area contributed by atoms with E-state index >= 15 is 0 Å². The highest BCUT2D eigenvalue weighted by Gasteiger charge is 2.51. The first-order valence-corrected chi connectivity index (χ1v) is 12.5. The topological polar surface area (TPSA) is 138 Å². The average Bonchev–Trinajstić information content (AvgIpc) is 3.19. The minimum absolute atomic E-state index is 0.0192. The van der Waals surface area contributed by atoms with E-state index in [0.29, 0.717) is 28.1 Å². The van der Waals surface area contributed by atoms with Crippen LogP contribution in [0.1, 0.15) is 39.9 Å². The van der Waals surface area contributed by atoms with Gasteiger partial charge in [0.1, 0.15) is 0 Å². The van der Waals surface area contributed by atoms with E-state index in [1.54, 1.807) is 48.5 Å². The number of thioether (sulfide) groups is 1. The van der Waals surface area contributed by atoms with Crippen LogP contribution in [-0.4, -0.2) is 26.4 Å². The lowest BCUT2D eigenvalue weighted by Gasteiger charge is -2.39. The molecule has 0 saturated heterocycles. The molecule has 0 unspecified atom stereocenters.